The molecule has 0 bridgehead atoms. The molecule has 2 heterocycles. The summed E-state index contributed by atoms with van der Waals surface area (Å²) in [5.41, 5.74) is 2.81. The molecule has 0 saturated heterocycles. The first kappa shape index (κ1) is 16.7. The van der Waals surface area contributed by atoms with Gasteiger partial charge < -0.3 is 10.2 Å². The zero-order chi connectivity index (χ0) is 17.1. The largest absolute Gasteiger partial charge is 0.378 e. The van der Waals surface area contributed by atoms with Crippen LogP contribution in [0.1, 0.15) is 6.92 Å². The van der Waals surface area contributed by atoms with Crippen LogP contribution in [0.4, 0.5) is 11.4 Å². The van der Waals surface area contributed by atoms with Crippen molar-refractivity contribution in [2.75, 3.05) is 24.3 Å². The summed E-state index contributed by atoms with van der Waals surface area (Å²) in [5, 5.41) is 5.53. The van der Waals surface area contributed by atoms with Gasteiger partial charge in [-0.1, -0.05) is 11.8 Å². The summed E-state index contributed by atoms with van der Waals surface area (Å²) in [7, 11) is 3.97. The molecule has 0 aliphatic carbocycles. The first-order chi connectivity index (χ1) is 11.5. The van der Waals surface area contributed by atoms with E-state index in [2.05, 4.69) is 15.3 Å². The highest BCUT2D eigenvalue weighted by molar-refractivity contribution is 8.00. The summed E-state index contributed by atoms with van der Waals surface area (Å²) < 4.78 is 1.03. The number of nitrogens with one attached hydrogen (secondary N) is 1. The van der Waals surface area contributed by atoms with Gasteiger partial charge in [0.25, 0.3) is 0 Å². The predicted octanol–water partition coefficient (Wildman–Crippen LogP) is 3.88. The fourth-order valence-electron chi connectivity index (χ4n) is 2.16. The van der Waals surface area contributed by atoms with Crippen LogP contribution in [0.3, 0.4) is 0 Å². The average Bonchev–Trinajstić information content (AvgIpc) is 3.05. The number of hydrogen-bond acceptors (Lipinski definition) is 6. The van der Waals surface area contributed by atoms with Crippen molar-refractivity contribution in [2.45, 2.75) is 17.2 Å². The molecule has 3 rings (SSSR count). The molecule has 7 heteroatoms. The van der Waals surface area contributed by atoms with Gasteiger partial charge in [0.2, 0.25) is 5.91 Å². The molecule has 3 aromatic rings. The summed E-state index contributed by atoms with van der Waals surface area (Å²) in [6, 6.07) is 9.74. The number of amides is 1. The Hall–Kier alpha value is -2.12. The number of nitrogens with zero attached hydrogens (tertiary/aromatic N) is 3. The fraction of sp³-hybridized carbons (Fsp3) is 0.235. The van der Waals surface area contributed by atoms with Gasteiger partial charge in [0, 0.05) is 25.5 Å². The average molecular weight is 358 g/mol. The molecule has 0 saturated carbocycles. The van der Waals surface area contributed by atoms with Crippen LogP contribution in [-0.2, 0) is 4.79 Å². The van der Waals surface area contributed by atoms with E-state index in [4.69, 9.17) is 0 Å². The van der Waals surface area contributed by atoms with Gasteiger partial charge >= 0.3 is 0 Å². The van der Waals surface area contributed by atoms with E-state index < -0.39 is 0 Å². The third-order valence-electron chi connectivity index (χ3n) is 3.52. The third kappa shape index (κ3) is 3.68. The lowest BCUT2D eigenvalue weighted by atomic mass is 10.2. The number of anilines is 2. The predicted molar refractivity (Wildman–Crippen MR) is 102 cm³/mol. The zero-order valence-corrected chi connectivity index (χ0v) is 15.3. The van der Waals surface area contributed by atoms with Gasteiger partial charge in [0.1, 0.15) is 11.4 Å². The number of aromatic nitrogens is 2. The van der Waals surface area contributed by atoms with Crippen molar-refractivity contribution in [1.82, 2.24) is 9.97 Å². The van der Waals surface area contributed by atoms with Crippen molar-refractivity contribution in [1.29, 1.82) is 0 Å². The van der Waals surface area contributed by atoms with Gasteiger partial charge in [-0.05, 0) is 42.6 Å². The molecule has 0 spiro atoms. The van der Waals surface area contributed by atoms with Crippen LogP contribution in [-0.4, -0.2) is 35.2 Å². The van der Waals surface area contributed by atoms with Gasteiger partial charge in [-0.2, -0.15) is 0 Å². The summed E-state index contributed by atoms with van der Waals surface area (Å²) in [6.07, 6.45) is 1.54. The molecule has 1 atom stereocenters. The maximum atomic E-state index is 12.4. The number of carbonyl (C=O) groups excluding carboxylic acids is 1. The maximum Gasteiger partial charge on any atom is 0.237 e. The van der Waals surface area contributed by atoms with E-state index in [0.717, 1.165) is 26.6 Å². The lowest BCUT2D eigenvalue weighted by Crippen LogP contribution is -2.22. The summed E-state index contributed by atoms with van der Waals surface area (Å²) >= 11 is 3.05. The van der Waals surface area contributed by atoms with E-state index >= 15 is 0 Å². The van der Waals surface area contributed by atoms with Crippen LogP contribution in [0.15, 0.2) is 47.1 Å². The Morgan fingerprint density at radius 2 is 1.96 bits per heavy atom. The van der Waals surface area contributed by atoms with E-state index in [1.165, 1.54) is 11.8 Å². The molecule has 0 fully saturated rings. The Morgan fingerprint density at radius 3 is 2.67 bits per heavy atom. The second kappa shape index (κ2) is 7.19. The molecule has 1 N–H and O–H groups in total. The lowest BCUT2D eigenvalue weighted by molar-refractivity contribution is -0.115. The third-order valence-corrected chi connectivity index (χ3v) is 5.66. The van der Waals surface area contributed by atoms with Gasteiger partial charge in [0.05, 0.1) is 15.5 Å². The first-order valence-corrected chi connectivity index (χ1v) is 9.23. The number of fused-ring (bicyclic) bond motifs is 1. The van der Waals surface area contributed by atoms with Gasteiger partial charge in [-0.25, -0.2) is 9.97 Å². The minimum Gasteiger partial charge on any atom is -0.378 e. The number of carbonyl (C=O) groups is 1. The number of thioether (sulfide) groups is 1. The highest BCUT2D eigenvalue weighted by Crippen LogP contribution is 2.31. The van der Waals surface area contributed by atoms with Crippen molar-refractivity contribution in [3.05, 3.63) is 42.0 Å². The molecular weight excluding hydrogens is 340 g/mol. The Morgan fingerprint density at radius 1 is 1.21 bits per heavy atom. The minimum absolute atomic E-state index is 0.0408. The van der Waals surface area contributed by atoms with Gasteiger partial charge in [-0.15, -0.1) is 11.3 Å². The molecule has 0 aliphatic rings. The molecule has 1 aromatic carbocycles. The summed E-state index contributed by atoms with van der Waals surface area (Å²) in [4.78, 5) is 23.0. The van der Waals surface area contributed by atoms with Crippen molar-refractivity contribution in [2.24, 2.45) is 0 Å². The number of thiophene rings is 1. The van der Waals surface area contributed by atoms with Crippen molar-refractivity contribution in [3.63, 3.8) is 0 Å². The second-order valence-corrected chi connectivity index (χ2v) is 7.75. The SMILES string of the molecule is CC(Sc1ncnc2ccsc12)C(=O)Nc1ccc(N(C)C)cc1. The maximum absolute atomic E-state index is 12.4. The topological polar surface area (TPSA) is 58.1 Å². The minimum atomic E-state index is -0.251. The van der Waals surface area contributed by atoms with Crippen LogP contribution in [0.25, 0.3) is 10.2 Å². The highest BCUT2D eigenvalue weighted by Gasteiger charge is 2.17. The van der Waals surface area contributed by atoms with E-state index in [1.54, 1.807) is 17.7 Å². The van der Waals surface area contributed by atoms with E-state index in [1.807, 2.05) is 61.6 Å². The van der Waals surface area contributed by atoms with Gasteiger partial charge in [-0.3, -0.25) is 4.79 Å². The van der Waals surface area contributed by atoms with E-state index in [-0.39, 0.29) is 11.2 Å². The molecule has 2 aromatic heterocycles. The Balaban J connectivity index is 1.67. The zero-order valence-electron chi connectivity index (χ0n) is 13.7. The standard InChI is InChI=1S/C17H18N4OS2/c1-11(24-17-15-14(8-9-23-15)18-10-19-17)16(22)20-12-4-6-13(7-5-12)21(2)3/h4-11H,1-3H3,(H,20,22). The van der Waals surface area contributed by atoms with Crippen LogP contribution >= 0.6 is 23.1 Å². The Labute approximate surface area is 149 Å². The molecular formula is C17H18N4OS2. The lowest BCUT2D eigenvalue weighted by Gasteiger charge is -2.14. The molecule has 24 heavy (non-hydrogen) atoms. The van der Waals surface area contributed by atoms with Gasteiger partial charge in [0.15, 0.2) is 0 Å². The smallest absolute Gasteiger partial charge is 0.237 e. The Kier molecular flexibility index (Phi) is 5.01. The molecule has 0 radical (unpaired) electrons. The van der Waals surface area contributed by atoms with E-state index in [9.17, 15) is 4.79 Å². The van der Waals surface area contributed by atoms with Crippen LogP contribution in [0, 0.1) is 0 Å². The van der Waals surface area contributed by atoms with Crippen molar-refractivity contribution < 1.29 is 4.79 Å². The van der Waals surface area contributed by atoms with Crippen LogP contribution in [0.2, 0.25) is 0 Å². The number of hydrogen-bond donors (Lipinski definition) is 1. The molecule has 124 valence electrons. The molecule has 1 amide bonds. The quantitative estimate of drug-likeness (QED) is 0.554. The Bertz CT molecular complexity index is 845. The monoisotopic (exact) mass is 358 g/mol. The molecule has 0 aliphatic heterocycles. The fourth-order valence-corrected chi connectivity index (χ4v) is 4.00. The van der Waals surface area contributed by atoms with Crippen molar-refractivity contribution in [3.8, 4) is 0 Å². The van der Waals surface area contributed by atoms with E-state index in [0.29, 0.717) is 0 Å². The van der Waals surface area contributed by atoms with Crippen LogP contribution < -0.4 is 10.2 Å². The first-order valence-electron chi connectivity index (χ1n) is 7.47. The molecule has 1 unspecified atom stereocenters. The number of benzene rings is 1. The van der Waals surface area contributed by atoms with Crippen molar-refractivity contribution >= 4 is 50.6 Å². The summed E-state index contributed by atoms with van der Waals surface area (Å²) in [6.45, 7) is 1.88. The molecule has 5 nitrogen and oxygen atoms in total. The second-order valence-electron chi connectivity index (χ2n) is 5.50. The van der Waals surface area contributed by atoms with Crippen LogP contribution in [0.5, 0.6) is 0 Å². The normalized spacial score (nSPS) is 12.1. The summed E-state index contributed by atoms with van der Waals surface area (Å²) in [5.74, 6) is -0.0408. The number of rotatable bonds is 5. The highest BCUT2D eigenvalue weighted by atomic mass is 32.2.